The summed E-state index contributed by atoms with van der Waals surface area (Å²) in [6.07, 6.45) is 8.30. The van der Waals surface area contributed by atoms with Gasteiger partial charge in [0.25, 0.3) is 5.91 Å². The zero-order chi connectivity index (χ0) is 17.2. The highest BCUT2D eigenvalue weighted by Gasteiger charge is 2.14. The van der Waals surface area contributed by atoms with Gasteiger partial charge in [0, 0.05) is 29.9 Å². The molecule has 3 aromatic heterocycles. The normalized spacial score (nSPS) is 11.6. The highest BCUT2D eigenvalue weighted by molar-refractivity contribution is 8.00. The molecule has 0 bridgehead atoms. The molecule has 7 heteroatoms. The van der Waals surface area contributed by atoms with Gasteiger partial charge in [-0.2, -0.15) is 5.10 Å². The van der Waals surface area contributed by atoms with Gasteiger partial charge in [0.1, 0.15) is 0 Å². The number of carbonyl (C=O) groups is 1. The summed E-state index contributed by atoms with van der Waals surface area (Å²) in [5.74, 6) is -0.167. The third kappa shape index (κ3) is 3.91. The summed E-state index contributed by atoms with van der Waals surface area (Å²) in [4.78, 5) is 20.8. The number of fused-ring (bicyclic) bond motifs is 1. The lowest BCUT2D eigenvalue weighted by atomic mass is 10.2. The van der Waals surface area contributed by atoms with Crippen LogP contribution in [0, 0.1) is 0 Å². The van der Waals surface area contributed by atoms with Crippen LogP contribution in [0.15, 0.2) is 48.1 Å². The number of carbonyl (C=O) groups excluding carboxylic acids is 1. The summed E-state index contributed by atoms with van der Waals surface area (Å²) in [5.41, 5.74) is 2.22. The molecular formula is C17H19N5OS. The van der Waals surface area contributed by atoms with Crippen molar-refractivity contribution in [1.29, 1.82) is 0 Å². The summed E-state index contributed by atoms with van der Waals surface area (Å²) in [5, 5.41) is 8.03. The topological polar surface area (TPSA) is 72.2 Å². The Morgan fingerprint density at radius 1 is 1.29 bits per heavy atom. The number of amides is 1. The lowest BCUT2D eigenvalue weighted by Crippen LogP contribution is -2.22. The minimum Gasteiger partial charge on any atom is -0.348 e. The van der Waals surface area contributed by atoms with E-state index in [2.05, 4.69) is 41.2 Å². The van der Waals surface area contributed by atoms with Crippen molar-refractivity contribution in [2.24, 2.45) is 0 Å². The average Bonchev–Trinajstić information content (AvgIpc) is 2.95. The van der Waals surface area contributed by atoms with Gasteiger partial charge in [0.05, 0.1) is 28.5 Å². The summed E-state index contributed by atoms with van der Waals surface area (Å²) in [6.45, 7) is 6.88. The molecule has 24 heavy (non-hydrogen) atoms. The van der Waals surface area contributed by atoms with E-state index in [4.69, 9.17) is 0 Å². The van der Waals surface area contributed by atoms with Crippen molar-refractivity contribution in [3.8, 4) is 0 Å². The number of hydrogen-bond acceptors (Lipinski definition) is 5. The minimum absolute atomic E-state index is 0.0962. The van der Waals surface area contributed by atoms with E-state index in [1.807, 2.05) is 12.1 Å². The summed E-state index contributed by atoms with van der Waals surface area (Å²) < 4.78 is 1.73. The molecule has 0 atom stereocenters. The SMILES string of the molecule is CC(C)(C)Sc1cc(CNC(=O)c2cnn3ccncc23)ccn1. The number of aromatic nitrogens is 4. The van der Waals surface area contributed by atoms with Crippen LogP contribution < -0.4 is 5.32 Å². The first-order chi connectivity index (χ1) is 11.4. The summed E-state index contributed by atoms with van der Waals surface area (Å²) in [7, 11) is 0. The van der Waals surface area contributed by atoms with E-state index < -0.39 is 0 Å². The molecule has 1 amide bonds. The van der Waals surface area contributed by atoms with Crippen LogP contribution >= 0.6 is 11.8 Å². The second-order valence-corrected chi connectivity index (χ2v) is 8.21. The first-order valence-electron chi connectivity index (χ1n) is 7.62. The third-order valence-corrected chi connectivity index (χ3v) is 4.28. The molecule has 0 aliphatic rings. The number of pyridine rings is 1. The first kappa shape index (κ1) is 16.4. The van der Waals surface area contributed by atoms with Crippen LogP contribution in [0.5, 0.6) is 0 Å². The van der Waals surface area contributed by atoms with Crippen molar-refractivity contribution in [3.63, 3.8) is 0 Å². The van der Waals surface area contributed by atoms with Crippen LogP contribution in [0.1, 0.15) is 36.7 Å². The van der Waals surface area contributed by atoms with Crippen molar-refractivity contribution in [1.82, 2.24) is 24.9 Å². The molecule has 0 fully saturated rings. The third-order valence-electron chi connectivity index (χ3n) is 3.23. The fourth-order valence-corrected chi connectivity index (χ4v) is 3.17. The van der Waals surface area contributed by atoms with Gasteiger partial charge < -0.3 is 5.32 Å². The van der Waals surface area contributed by atoms with Crippen LogP contribution in [-0.2, 0) is 6.54 Å². The van der Waals surface area contributed by atoms with Crippen LogP contribution in [-0.4, -0.2) is 30.2 Å². The van der Waals surface area contributed by atoms with Crippen molar-refractivity contribution in [3.05, 3.63) is 54.2 Å². The molecule has 1 N–H and O–H groups in total. The van der Waals surface area contributed by atoms with Crippen LogP contribution in [0.3, 0.4) is 0 Å². The fourth-order valence-electron chi connectivity index (χ4n) is 2.22. The van der Waals surface area contributed by atoms with Crippen molar-refractivity contribution >= 4 is 23.2 Å². The molecule has 6 nitrogen and oxygen atoms in total. The molecule has 0 radical (unpaired) electrons. The molecule has 0 saturated carbocycles. The largest absolute Gasteiger partial charge is 0.348 e. The molecule has 124 valence electrons. The minimum atomic E-state index is -0.167. The summed E-state index contributed by atoms with van der Waals surface area (Å²) >= 11 is 1.70. The van der Waals surface area contributed by atoms with Gasteiger partial charge in [-0.05, 0) is 17.7 Å². The molecule has 0 aliphatic heterocycles. The Bertz CT molecular complexity index is 869. The van der Waals surface area contributed by atoms with E-state index in [-0.39, 0.29) is 10.7 Å². The number of nitrogens with zero attached hydrogens (tertiary/aromatic N) is 4. The van der Waals surface area contributed by atoms with E-state index in [0.29, 0.717) is 17.6 Å². The molecule has 0 spiro atoms. The fraction of sp³-hybridized carbons (Fsp3) is 0.294. The molecule has 3 aromatic rings. The van der Waals surface area contributed by atoms with E-state index >= 15 is 0 Å². The van der Waals surface area contributed by atoms with E-state index in [0.717, 1.165) is 10.6 Å². The Kier molecular flexibility index (Phi) is 4.53. The highest BCUT2D eigenvalue weighted by Crippen LogP contribution is 2.30. The van der Waals surface area contributed by atoms with Crippen molar-refractivity contribution in [2.45, 2.75) is 37.1 Å². The zero-order valence-electron chi connectivity index (χ0n) is 13.9. The lowest BCUT2D eigenvalue weighted by Gasteiger charge is -2.17. The first-order valence-corrected chi connectivity index (χ1v) is 8.43. The molecule has 0 aliphatic carbocycles. The maximum Gasteiger partial charge on any atom is 0.255 e. The number of hydrogen-bond donors (Lipinski definition) is 1. The maximum absolute atomic E-state index is 12.4. The van der Waals surface area contributed by atoms with Gasteiger partial charge in [0.15, 0.2) is 0 Å². The maximum atomic E-state index is 12.4. The standard InChI is InChI=1S/C17H19N5OS/c1-17(2,3)24-15-8-12(4-5-19-15)9-20-16(23)13-10-21-22-7-6-18-11-14(13)22/h4-8,10-11H,9H2,1-3H3,(H,20,23). The molecule has 0 saturated heterocycles. The van der Waals surface area contributed by atoms with Gasteiger partial charge in [0.2, 0.25) is 0 Å². The predicted molar refractivity (Wildman–Crippen MR) is 94.0 cm³/mol. The monoisotopic (exact) mass is 341 g/mol. The van der Waals surface area contributed by atoms with Crippen molar-refractivity contribution in [2.75, 3.05) is 0 Å². The molecule has 0 aromatic carbocycles. The van der Waals surface area contributed by atoms with Crippen LogP contribution in [0.4, 0.5) is 0 Å². The Balaban J connectivity index is 1.69. The zero-order valence-corrected chi connectivity index (χ0v) is 14.7. The second kappa shape index (κ2) is 6.60. The average molecular weight is 341 g/mol. The van der Waals surface area contributed by atoms with E-state index in [9.17, 15) is 4.79 Å². The van der Waals surface area contributed by atoms with Crippen LogP contribution in [0.25, 0.3) is 5.52 Å². The number of rotatable bonds is 4. The number of thioether (sulfide) groups is 1. The number of nitrogens with one attached hydrogen (secondary N) is 1. The van der Waals surface area contributed by atoms with Gasteiger partial charge in [-0.25, -0.2) is 9.50 Å². The summed E-state index contributed by atoms with van der Waals surface area (Å²) in [6, 6.07) is 3.92. The Morgan fingerprint density at radius 2 is 2.12 bits per heavy atom. The van der Waals surface area contributed by atoms with E-state index in [1.54, 1.807) is 47.3 Å². The molecule has 3 heterocycles. The lowest BCUT2D eigenvalue weighted by molar-refractivity contribution is 0.0952. The van der Waals surface area contributed by atoms with Gasteiger partial charge in [-0.1, -0.05) is 20.8 Å². The Hall–Kier alpha value is -2.41. The van der Waals surface area contributed by atoms with Crippen LogP contribution in [0.2, 0.25) is 0 Å². The smallest absolute Gasteiger partial charge is 0.255 e. The quantitative estimate of drug-likeness (QED) is 0.739. The Morgan fingerprint density at radius 3 is 2.92 bits per heavy atom. The van der Waals surface area contributed by atoms with Gasteiger partial charge >= 0.3 is 0 Å². The van der Waals surface area contributed by atoms with Gasteiger partial charge in [-0.15, -0.1) is 11.8 Å². The predicted octanol–water partition coefficient (Wildman–Crippen LogP) is 2.94. The molecule has 0 unspecified atom stereocenters. The Labute approximate surface area is 144 Å². The highest BCUT2D eigenvalue weighted by atomic mass is 32.2. The molecule has 3 rings (SSSR count). The molecular weight excluding hydrogens is 322 g/mol. The second-order valence-electron chi connectivity index (χ2n) is 6.36. The van der Waals surface area contributed by atoms with Gasteiger partial charge in [-0.3, -0.25) is 9.78 Å². The van der Waals surface area contributed by atoms with E-state index in [1.165, 1.54) is 0 Å². The van der Waals surface area contributed by atoms with Crippen molar-refractivity contribution < 1.29 is 4.79 Å².